The number of rotatable bonds is 6. The molecule has 1 N–H and O–H groups in total. The van der Waals surface area contributed by atoms with Gasteiger partial charge in [0.2, 0.25) is 15.7 Å². The van der Waals surface area contributed by atoms with E-state index in [2.05, 4.69) is 5.32 Å². The lowest BCUT2D eigenvalue weighted by molar-refractivity contribution is -0.115. The molecular formula is C24H25NO4S2. The van der Waals surface area contributed by atoms with E-state index in [0.717, 1.165) is 53.0 Å². The molecule has 1 aliphatic rings. The average molecular weight is 456 g/mol. The van der Waals surface area contributed by atoms with E-state index in [-0.39, 0.29) is 22.1 Å². The van der Waals surface area contributed by atoms with Crippen molar-refractivity contribution < 1.29 is 17.9 Å². The third kappa shape index (κ3) is 4.52. The molecule has 4 rings (SSSR count). The van der Waals surface area contributed by atoms with E-state index in [0.29, 0.717) is 5.00 Å². The smallest absolute Gasteiger partial charge is 0.229 e. The van der Waals surface area contributed by atoms with Crippen LogP contribution in [0.2, 0.25) is 0 Å². The molecule has 31 heavy (non-hydrogen) atoms. The van der Waals surface area contributed by atoms with E-state index in [4.69, 9.17) is 4.74 Å². The summed E-state index contributed by atoms with van der Waals surface area (Å²) in [4.78, 5) is 14.4. The molecule has 0 unspecified atom stereocenters. The summed E-state index contributed by atoms with van der Waals surface area (Å²) in [6, 6.07) is 14.2. The minimum absolute atomic E-state index is 0.163. The van der Waals surface area contributed by atoms with E-state index >= 15 is 0 Å². The lowest BCUT2D eigenvalue weighted by atomic mass is 9.99. The monoisotopic (exact) mass is 455 g/mol. The fourth-order valence-electron chi connectivity index (χ4n) is 3.84. The molecule has 0 bridgehead atoms. The van der Waals surface area contributed by atoms with Crippen LogP contribution in [0.15, 0.2) is 58.3 Å². The molecule has 2 aromatic carbocycles. The minimum Gasteiger partial charge on any atom is -0.497 e. The number of anilines is 1. The van der Waals surface area contributed by atoms with Gasteiger partial charge in [-0.3, -0.25) is 4.79 Å². The summed E-state index contributed by atoms with van der Waals surface area (Å²) in [7, 11) is -2.14. The summed E-state index contributed by atoms with van der Waals surface area (Å²) in [5.74, 6) is 0.491. The molecule has 0 radical (unpaired) electrons. The van der Waals surface area contributed by atoms with Crippen molar-refractivity contribution in [2.45, 2.75) is 48.8 Å². The Labute approximate surface area is 187 Å². The van der Waals surface area contributed by atoms with Crippen molar-refractivity contribution in [3.63, 3.8) is 0 Å². The highest BCUT2D eigenvalue weighted by atomic mass is 32.2. The molecular weight excluding hydrogens is 430 g/mol. The van der Waals surface area contributed by atoms with Gasteiger partial charge in [-0.15, -0.1) is 11.3 Å². The topological polar surface area (TPSA) is 72.5 Å². The van der Waals surface area contributed by atoms with Gasteiger partial charge < -0.3 is 10.1 Å². The molecule has 1 aromatic heterocycles. The average Bonchev–Trinajstić information content (AvgIpc) is 3.13. The quantitative estimate of drug-likeness (QED) is 0.570. The van der Waals surface area contributed by atoms with Gasteiger partial charge in [-0.05, 0) is 68.0 Å². The second-order valence-electron chi connectivity index (χ2n) is 7.76. The number of nitrogens with one attached hydrogen (secondary N) is 1. The van der Waals surface area contributed by atoms with Crippen LogP contribution in [-0.4, -0.2) is 21.4 Å². The zero-order valence-electron chi connectivity index (χ0n) is 17.6. The van der Waals surface area contributed by atoms with Crippen molar-refractivity contribution in [1.82, 2.24) is 0 Å². The Morgan fingerprint density at radius 1 is 1.03 bits per heavy atom. The Bertz CT molecular complexity index is 1190. The maximum absolute atomic E-state index is 13.6. The predicted octanol–water partition coefficient (Wildman–Crippen LogP) is 4.96. The van der Waals surface area contributed by atoms with E-state index in [1.807, 2.05) is 19.1 Å². The molecule has 162 valence electrons. The van der Waals surface area contributed by atoms with Gasteiger partial charge in [-0.25, -0.2) is 8.42 Å². The number of aryl methyl sites for hydroxylation is 2. The van der Waals surface area contributed by atoms with E-state index in [1.165, 1.54) is 11.3 Å². The number of carbonyl (C=O) groups excluding carboxylic acids is 1. The number of methoxy groups -OCH3 is 1. The minimum atomic E-state index is -3.73. The van der Waals surface area contributed by atoms with Crippen molar-refractivity contribution >= 4 is 32.1 Å². The van der Waals surface area contributed by atoms with Gasteiger partial charge >= 0.3 is 0 Å². The number of sulfone groups is 1. The first-order valence-corrected chi connectivity index (χ1v) is 12.6. The van der Waals surface area contributed by atoms with Crippen molar-refractivity contribution in [1.29, 1.82) is 0 Å². The van der Waals surface area contributed by atoms with Crippen LogP contribution in [0.25, 0.3) is 0 Å². The highest BCUT2D eigenvalue weighted by Crippen LogP contribution is 2.43. The summed E-state index contributed by atoms with van der Waals surface area (Å²) < 4.78 is 32.3. The van der Waals surface area contributed by atoms with Crippen molar-refractivity contribution in [3.8, 4) is 5.75 Å². The summed E-state index contributed by atoms with van der Waals surface area (Å²) >= 11 is 1.40. The van der Waals surface area contributed by atoms with Crippen LogP contribution >= 0.6 is 11.3 Å². The zero-order valence-corrected chi connectivity index (χ0v) is 19.2. The number of hydrogen-bond acceptors (Lipinski definition) is 5. The van der Waals surface area contributed by atoms with Gasteiger partial charge in [0.15, 0.2) is 0 Å². The van der Waals surface area contributed by atoms with E-state index in [9.17, 15) is 13.2 Å². The van der Waals surface area contributed by atoms with Crippen LogP contribution in [0.5, 0.6) is 5.75 Å². The lowest BCUT2D eigenvalue weighted by Crippen LogP contribution is -2.16. The molecule has 1 aliphatic carbocycles. The number of benzene rings is 2. The summed E-state index contributed by atoms with van der Waals surface area (Å²) in [6.07, 6.45) is 3.73. The number of fused-ring (bicyclic) bond motifs is 1. The molecule has 3 aromatic rings. The van der Waals surface area contributed by atoms with Crippen LogP contribution in [0, 0.1) is 6.92 Å². The largest absolute Gasteiger partial charge is 0.497 e. The SMILES string of the molecule is COc1ccc(CC(=O)Nc2sc3c(c2S(=O)(=O)c2ccc(C)cc2)CCCC3)cc1. The van der Waals surface area contributed by atoms with Gasteiger partial charge in [0.25, 0.3) is 0 Å². The van der Waals surface area contributed by atoms with Gasteiger partial charge in [-0.1, -0.05) is 29.8 Å². The summed E-state index contributed by atoms with van der Waals surface area (Å²) in [6.45, 7) is 1.92. The maximum Gasteiger partial charge on any atom is 0.229 e. The Morgan fingerprint density at radius 2 is 1.71 bits per heavy atom. The molecule has 1 amide bonds. The van der Waals surface area contributed by atoms with Gasteiger partial charge in [0.05, 0.1) is 18.4 Å². The first-order valence-electron chi connectivity index (χ1n) is 10.3. The molecule has 7 heteroatoms. The third-order valence-electron chi connectivity index (χ3n) is 5.50. The van der Waals surface area contributed by atoms with Crippen LogP contribution in [0.1, 0.15) is 34.4 Å². The van der Waals surface area contributed by atoms with Gasteiger partial charge in [-0.2, -0.15) is 0 Å². The number of hydrogen-bond donors (Lipinski definition) is 1. The molecule has 0 atom stereocenters. The predicted molar refractivity (Wildman–Crippen MR) is 123 cm³/mol. The Balaban J connectivity index is 1.66. The molecule has 0 fully saturated rings. The maximum atomic E-state index is 13.6. The molecule has 0 saturated carbocycles. The third-order valence-corrected chi connectivity index (χ3v) is 8.72. The Kier molecular flexibility index (Phi) is 6.16. The van der Waals surface area contributed by atoms with Crippen molar-refractivity contribution in [3.05, 3.63) is 70.1 Å². The van der Waals surface area contributed by atoms with Crippen LogP contribution in [0.3, 0.4) is 0 Å². The second kappa shape index (κ2) is 8.85. The first kappa shape index (κ1) is 21.6. The standard InChI is InChI=1S/C24H25NO4S2/c1-16-7-13-19(14-8-16)31(27,28)23-20-5-3-4-6-21(20)30-24(23)25-22(26)15-17-9-11-18(29-2)12-10-17/h7-14H,3-6,15H2,1-2H3,(H,25,26). The van der Waals surface area contributed by atoms with Crippen molar-refractivity contribution in [2.75, 3.05) is 12.4 Å². The normalized spacial score (nSPS) is 13.5. The first-order chi connectivity index (χ1) is 14.9. The van der Waals surface area contributed by atoms with E-state index in [1.54, 1.807) is 43.5 Å². The fraction of sp³-hybridized carbons (Fsp3) is 0.292. The summed E-state index contributed by atoms with van der Waals surface area (Å²) in [5, 5.41) is 3.34. The van der Waals surface area contributed by atoms with Crippen LogP contribution in [-0.2, 0) is 33.9 Å². The zero-order chi connectivity index (χ0) is 22.0. The Morgan fingerprint density at radius 3 is 2.39 bits per heavy atom. The molecule has 0 saturated heterocycles. The Hall–Kier alpha value is -2.64. The van der Waals surface area contributed by atoms with E-state index < -0.39 is 9.84 Å². The second-order valence-corrected chi connectivity index (χ2v) is 10.8. The summed E-state index contributed by atoms with van der Waals surface area (Å²) in [5.41, 5.74) is 2.71. The molecule has 0 spiro atoms. The van der Waals surface area contributed by atoms with Gasteiger partial charge in [0.1, 0.15) is 15.6 Å². The van der Waals surface area contributed by atoms with Crippen molar-refractivity contribution in [2.24, 2.45) is 0 Å². The number of amides is 1. The van der Waals surface area contributed by atoms with Crippen LogP contribution in [0.4, 0.5) is 5.00 Å². The lowest BCUT2D eigenvalue weighted by Gasteiger charge is -2.14. The molecule has 1 heterocycles. The number of carbonyl (C=O) groups is 1. The highest BCUT2D eigenvalue weighted by molar-refractivity contribution is 7.92. The highest BCUT2D eigenvalue weighted by Gasteiger charge is 2.31. The molecule has 5 nitrogen and oxygen atoms in total. The number of thiophene rings is 1. The van der Waals surface area contributed by atoms with Gasteiger partial charge in [0, 0.05) is 4.88 Å². The molecule has 0 aliphatic heterocycles. The fourth-order valence-corrected chi connectivity index (χ4v) is 7.13. The van der Waals surface area contributed by atoms with Crippen LogP contribution < -0.4 is 10.1 Å². The number of ether oxygens (including phenoxy) is 1.